The van der Waals surface area contributed by atoms with Gasteiger partial charge in [-0.3, -0.25) is 11.3 Å². The minimum absolute atomic E-state index is 0.136. The van der Waals surface area contributed by atoms with Crippen LogP contribution in [0.2, 0.25) is 0 Å². The van der Waals surface area contributed by atoms with Gasteiger partial charge in [0.1, 0.15) is 0 Å². The van der Waals surface area contributed by atoms with Gasteiger partial charge in [0.25, 0.3) is 0 Å². The molecule has 0 spiro atoms. The van der Waals surface area contributed by atoms with Crippen molar-refractivity contribution in [2.75, 3.05) is 0 Å². The zero-order chi connectivity index (χ0) is 12.1. The first-order valence-corrected chi connectivity index (χ1v) is 6.65. The molecule has 1 unspecified atom stereocenters. The maximum absolute atomic E-state index is 5.67. The number of benzene rings is 1. The molecule has 1 heterocycles. The van der Waals surface area contributed by atoms with Crippen molar-refractivity contribution in [2.45, 2.75) is 25.8 Å². The highest BCUT2D eigenvalue weighted by molar-refractivity contribution is 7.09. The first kappa shape index (κ1) is 12.2. The molecule has 1 atom stereocenters. The Kier molecular flexibility index (Phi) is 4.25. The lowest BCUT2D eigenvalue weighted by atomic mass is 9.97. The van der Waals surface area contributed by atoms with Crippen LogP contribution < -0.4 is 11.3 Å². The van der Waals surface area contributed by atoms with Gasteiger partial charge in [0.15, 0.2) is 0 Å². The monoisotopic (exact) mass is 247 g/mol. The van der Waals surface area contributed by atoms with Gasteiger partial charge in [-0.25, -0.2) is 4.98 Å². The lowest BCUT2D eigenvalue weighted by molar-refractivity contribution is 0.546. The van der Waals surface area contributed by atoms with Gasteiger partial charge in [0.05, 0.1) is 11.0 Å². The fourth-order valence-electron chi connectivity index (χ4n) is 1.98. The number of aromatic nitrogens is 1. The molecule has 90 valence electrons. The van der Waals surface area contributed by atoms with Crippen molar-refractivity contribution in [3.8, 4) is 0 Å². The van der Waals surface area contributed by atoms with Gasteiger partial charge in [-0.2, -0.15) is 0 Å². The van der Waals surface area contributed by atoms with E-state index in [1.54, 1.807) is 11.3 Å². The molecule has 17 heavy (non-hydrogen) atoms. The fraction of sp³-hybridized carbons (Fsp3) is 0.308. The number of nitrogens with zero attached hydrogens (tertiary/aromatic N) is 1. The Morgan fingerprint density at radius 2 is 2.24 bits per heavy atom. The van der Waals surface area contributed by atoms with Gasteiger partial charge >= 0.3 is 0 Å². The van der Waals surface area contributed by atoms with E-state index in [9.17, 15) is 0 Å². The molecule has 0 aliphatic heterocycles. The van der Waals surface area contributed by atoms with Crippen molar-refractivity contribution < 1.29 is 0 Å². The maximum atomic E-state index is 5.67. The molecule has 3 nitrogen and oxygen atoms in total. The quantitative estimate of drug-likeness (QED) is 0.630. The number of hydrogen-bond acceptors (Lipinski definition) is 4. The summed E-state index contributed by atoms with van der Waals surface area (Å²) in [5, 5.41) is 3.10. The molecule has 3 N–H and O–H groups in total. The van der Waals surface area contributed by atoms with E-state index in [1.807, 2.05) is 11.6 Å². The Labute approximate surface area is 106 Å². The van der Waals surface area contributed by atoms with Crippen LogP contribution in [0.3, 0.4) is 0 Å². The van der Waals surface area contributed by atoms with E-state index in [2.05, 4.69) is 41.6 Å². The fourth-order valence-corrected chi connectivity index (χ4v) is 2.65. The second-order valence-electron chi connectivity index (χ2n) is 3.90. The minimum Gasteiger partial charge on any atom is -0.271 e. The summed E-state index contributed by atoms with van der Waals surface area (Å²) in [5.41, 5.74) is 5.51. The number of rotatable bonds is 5. The molecule has 2 rings (SSSR count). The smallest absolute Gasteiger partial charge is 0.0944 e. The summed E-state index contributed by atoms with van der Waals surface area (Å²) in [6.45, 7) is 2.16. The predicted molar refractivity (Wildman–Crippen MR) is 71.7 cm³/mol. The first-order chi connectivity index (χ1) is 8.35. The summed E-state index contributed by atoms with van der Waals surface area (Å²) < 4.78 is 0. The van der Waals surface area contributed by atoms with Crippen molar-refractivity contribution in [3.05, 3.63) is 52.0 Å². The zero-order valence-electron chi connectivity index (χ0n) is 9.89. The van der Waals surface area contributed by atoms with Crippen LogP contribution in [0.1, 0.15) is 29.1 Å². The molecule has 1 aromatic heterocycles. The first-order valence-electron chi connectivity index (χ1n) is 5.77. The number of hydrazine groups is 1. The Hall–Kier alpha value is -1.23. The van der Waals surface area contributed by atoms with Crippen molar-refractivity contribution in [3.63, 3.8) is 0 Å². The van der Waals surface area contributed by atoms with Crippen LogP contribution in [-0.4, -0.2) is 4.98 Å². The summed E-state index contributed by atoms with van der Waals surface area (Å²) in [6.07, 6.45) is 3.69. The molecular formula is C13H17N3S. The van der Waals surface area contributed by atoms with Gasteiger partial charge in [0, 0.05) is 18.0 Å². The molecule has 0 aliphatic carbocycles. The summed E-state index contributed by atoms with van der Waals surface area (Å²) in [6, 6.07) is 8.55. The third-order valence-corrected chi connectivity index (χ3v) is 3.68. The zero-order valence-corrected chi connectivity index (χ0v) is 10.7. The van der Waals surface area contributed by atoms with Crippen LogP contribution in [0.4, 0.5) is 0 Å². The van der Waals surface area contributed by atoms with Crippen LogP contribution in [0.15, 0.2) is 35.8 Å². The summed E-state index contributed by atoms with van der Waals surface area (Å²) in [7, 11) is 0. The third-order valence-electron chi connectivity index (χ3n) is 2.87. The summed E-state index contributed by atoms with van der Waals surface area (Å²) >= 11 is 1.67. The van der Waals surface area contributed by atoms with Gasteiger partial charge in [-0.05, 0) is 17.5 Å². The Morgan fingerprint density at radius 3 is 2.88 bits per heavy atom. The van der Waals surface area contributed by atoms with Gasteiger partial charge in [-0.15, -0.1) is 11.3 Å². The van der Waals surface area contributed by atoms with E-state index < -0.39 is 0 Å². The third kappa shape index (κ3) is 2.91. The van der Waals surface area contributed by atoms with Crippen LogP contribution in [0.5, 0.6) is 0 Å². The average Bonchev–Trinajstić information content (AvgIpc) is 2.89. The molecule has 0 saturated carbocycles. The summed E-state index contributed by atoms with van der Waals surface area (Å²) in [4.78, 5) is 4.31. The van der Waals surface area contributed by atoms with Crippen molar-refractivity contribution in [2.24, 2.45) is 5.84 Å². The Bertz CT molecular complexity index is 453. The molecule has 0 radical (unpaired) electrons. The lowest BCUT2D eigenvalue weighted by Crippen LogP contribution is -2.30. The molecule has 1 aromatic carbocycles. The standard InChI is InChI=1S/C13H17N3S/c1-2-10-5-3-4-6-11(10)12(16-14)9-13-15-7-8-17-13/h3-8,12,16H,2,9,14H2,1H3. The maximum Gasteiger partial charge on any atom is 0.0944 e. The molecule has 0 saturated heterocycles. The van der Waals surface area contributed by atoms with Gasteiger partial charge in [0.2, 0.25) is 0 Å². The van der Waals surface area contributed by atoms with E-state index in [-0.39, 0.29) is 6.04 Å². The summed E-state index contributed by atoms with van der Waals surface area (Å²) in [5.74, 6) is 5.67. The predicted octanol–water partition coefficient (Wildman–Crippen LogP) is 2.45. The van der Waals surface area contributed by atoms with E-state index in [0.717, 1.165) is 17.8 Å². The number of aryl methyl sites for hydroxylation is 1. The van der Waals surface area contributed by atoms with E-state index in [0.29, 0.717) is 0 Å². The molecular weight excluding hydrogens is 230 g/mol. The molecule has 2 aromatic rings. The van der Waals surface area contributed by atoms with E-state index in [1.165, 1.54) is 11.1 Å². The van der Waals surface area contributed by atoms with Crippen LogP contribution in [-0.2, 0) is 12.8 Å². The minimum atomic E-state index is 0.136. The molecule has 4 heteroatoms. The number of nitrogens with two attached hydrogens (primary N) is 1. The second kappa shape index (κ2) is 5.91. The molecule has 0 bridgehead atoms. The van der Waals surface area contributed by atoms with Crippen LogP contribution >= 0.6 is 11.3 Å². The highest BCUT2D eigenvalue weighted by Crippen LogP contribution is 2.22. The van der Waals surface area contributed by atoms with E-state index in [4.69, 9.17) is 5.84 Å². The van der Waals surface area contributed by atoms with Crippen molar-refractivity contribution in [1.29, 1.82) is 0 Å². The second-order valence-corrected chi connectivity index (χ2v) is 4.88. The lowest BCUT2D eigenvalue weighted by Gasteiger charge is -2.18. The van der Waals surface area contributed by atoms with Crippen molar-refractivity contribution in [1.82, 2.24) is 10.4 Å². The highest BCUT2D eigenvalue weighted by Gasteiger charge is 2.14. The van der Waals surface area contributed by atoms with Gasteiger partial charge in [-0.1, -0.05) is 31.2 Å². The SMILES string of the molecule is CCc1ccccc1C(Cc1nccs1)NN. The topological polar surface area (TPSA) is 50.9 Å². The largest absolute Gasteiger partial charge is 0.271 e. The Balaban J connectivity index is 2.22. The van der Waals surface area contributed by atoms with Crippen LogP contribution in [0.25, 0.3) is 0 Å². The van der Waals surface area contributed by atoms with E-state index >= 15 is 0 Å². The number of nitrogens with one attached hydrogen (secondary N) is 1. The normalized spacial score (nSPS) is 12.6. The molecule has 0 amide bonds. The number of thiazole rings is 1. The molecule has 0 fully saturated rings. The van der Waals surface area contributed by atoms with Gasteiger partial charge < -0.3 is 0 Å². The molecule has 0 aliphatic rings. The highest BCUT2D eigenvalue weighted by atomic mass is 32.1. The Morgan fingerprint density at radius 1 is 1.41 bits per heavy atom. The van der Waals surface area contributed by atoms with Crippen molar-refractivity contribution >= 4 is 11.3 Å². The average molecular weight is 247 g/mol. The number of hydrogen-bond donors (Lipinski definition) is 2. The van der Waals surface area contributed by atoms with Crippen LogP contribution in [0, 0.1) is 0 Å².